The van der Waals surface area contributed by atoms with Gasteiger partial charge in [0.25, 0.3) is 5.91 Å². The summed E-state index contributed by atoms with van der Waals surface area (Å²) in [6.45, 7) is 9.62. The third kappa shape index (κ3) is 4.65. The fourth-order valence-corrected chi connectivity index (χ4v) is 6.20. The van der Waals surface area contributed by atoms with E-state index < -0.39 is 29.3 Å². The number of amides is 1. The van der Waals surface area contributed by atoms with Gasteiger partial charge in [-0.15, -0.1) is 0 Å². The van der Waals surface area contributed by atoms with E-state index in [0.717, 1.165) is 25.5 Å². The molecule has 2 aliphatic carbocycles. The number of carbonyl (C=O) groups is 3. The van der Waals surface area contributed by atoms with E-state index in [1.807, 2.05) is 19.9 Å². The maximum absolute atomic E-state index is 13.2. The maximum atomic E-state index is 13.2. The highest BCUT2D eigenvalue weighted by Crippen LogP contribution is 2.51. The number of carbonyl (C=O) groups excluding carboxylic acids is 3. The van der Waals surface area contributed by atoms with Gasteiger partial charge >= 0.3 is 5.97 Å². The Hall–Kier alpha value is -2.41. The van der Waals surface area contributed by atoms with Crippen LogP contribution in [-0.2, 0) is 19.1 Å². The number of hydrogen-bond donors (Lipinski definition) is 3. The molecule has 0 radical (unpaired) electrons. The SMILES string of the molecule is C/C=C(\C)[C@@H]1C=C[C@@H]2C[C@H](C)C[C@H](C)[C@H]2C1/C(O)=C1/C(=O)N[C@H](CC(C)(O)C(=O)OC)C1=O. The van der Waals surface area contributed by atoms with Gasteiger partial charge in [0.15, 0.2) is 11.4 Å². The molecule has 8 atom stereocenters. The van der Waals surface area contributed by atoms with E-state index in [2.05, 4.69) is 36.1 Å². The number of hydrogen-bond acceptors (Lipinski definition) is 6. The Balaban J connectivity index is 2.02. The maximum Gasteiger partial charge on any atom is 0.337 e. The quantitative estimate of drug-likeness (QED) is 0.191. The smallest absolute Gasteiger partial charge is 0.337 e. The predicted octanol–water partition coefficient (Wildman–Crippen LogP) is 3.25. The topological polar surface area (TPSA) is 113 Å². The van der Waals surface area contributed by atoms with E-state index in [1.54, 1.807) is 0 Å². The standard InChI is InChI=1S/C26H37NO6/c1-7-14(3)17-9-8-16-11-13(2)10-15(4)19(16)20(17)23(29)21-22(28)18(27-24(21)30)12-26(5,32)25(31)33-6/h7-9,13,15-20,29,32H,10-12H2,1-6H3,(H,27,30)/b14-7+,23-21-/t13-,15+,16-,17+,18-,19-,20?,26?/m1/s1. The van der Waals surface area contributed by atoms with Crippen molar-refractivity contribution in [2.24, 2.45) is 35.5 Å². The van der Waals surface area contributed by atoms with Gasteiger partial charge in [-0.2, -0.15) is 0 Å². The third-order valence-electron chi connectivity index (χ3n) is 7.84. The zero-order valence-corrected chi connectivity index (χ0v) is 20.4. The van der Waals surface area contributed by atoms with Crippen molar-refractivity contribution in [3.05, 3.63) is 35.1 Å². The fourth-order valence-electron chi connectivity index (χ4n) is 6.20. The van der Waals surface area contributed by atoms with E-state index >= 15 is 0 Å². The minimum Gasteiger partial charge on any atom is -0.511 e. The van der Waals surface area contributed by atoms with Crippen LogP contribution in [0.3, 0.4) is 0 Å². The number of nitrogens with one attached hydrogen (secondary N) is 1. The van der Waals surface area contributed by atoms with Crippen LogP contribution >= 0.6 is 0 Å². The predicted molar refractivity (Wildman–Crippen MR) is 124 cm³/mol. The Bertz CT molecular complexity index is 914. The Morgan fingerprint density at radius 2 is 1.94 bits per heavy atom. The lowest BCUT2D eigenvalue weighted by Gasteiger charge is -2.47. The molecule has 7 nitrogen and oxygen atoms in total. The molecular weight excluding hydrogens is 422 g/mol. The first-order valence-electron chi connectivity index (χ1n) is 11.8. The summed E-state index contributed by atoms with van der Waals surface area (Å²) < 4.78 is 4.60. The number of aliphatic hydroxyl groups is 2. The molecule has 0 aromatic carbocycles. The molecule has 2 fully saturated rings. The van der Waals surface area contributed by atoms with Crippen LogP contribution < -0.4 is 5.32 Å². The number of aliphatic hydroxyl groups excluding tert-OH is 1. The van der Waals surface area contributed by atoms with E-state index in [4.69, 9.17) is 0 Å². The highest BCUT2D eigenvalue weighted by molar-refractivity contribution is 6.27. The Kier molecular flexibility index (Phi) is 7.22. The molecule has 3 rings (SSSR count). The van der Waals surface area contributed by atoms with Crippen molar-refractivity contribution in [2.45, 2.75) is 65.5 Å². The van der Waals surface area contributed by atoms with Gasteiger partial charge in [-0.3, -0.25) is 9.59 Å². The van der Waals surface area contributed by atoms with Crippen molar-refractivity contribution in [1.82, 2.24) is 5.32 Å². The molecule has 33 heavy (non-hydrogen) atoms. The second kappa shape index (κ2) is 9.45. The summed E-state index contributed by atoms with van der Waals surface area (Å²) in [6.07, 6.45) is 8.07. The van der Waals surface area contributed by atoms with Crippen molar-refractivity contribution in [3.8, 4) is 0 Å². The van der Waals surface area contributed by atoms with Gasteiger partial charge in [0.2, 0.25) is 0 Å². The summed E-state index contributed by atoms with van der Waals surface area (Å²) in [5.74, 6) is -1.56. The molecule has 2 unspecified atom stereocenters. The van der Waals surface area contributed by atoms with Gasteiger partial charge in [-0.05, 0) is 57.3 Å². The normalized spacial score (nSPS) is 37.8. The van der Waals surface area contributed by atoms with Crippen LogP contribution in [0.2, 0.25) is 0 Å². The molecule has 1 saturated carbocycles. The minimum atomic E-state index is -1.94. The van der Waals surface area contributed by atoms with Crippen molar-refractivity contribution in [3.63, 3.8) is 0 Å². The number of esters is 1. The van der Waals surface area contributed by atoms with E-state index in [0.29, 0.717) is 11.8 Å². The summed E-state index contributed by atoms with van der Waals surface area (Å²) in [5, 5.41) is 24.5. The lowest BCUT2D eigenvalue weighted by molar-refractivity contribution is -0.161. The van der Waals surface area contributed by atoms with Gasteiger partial charge in [-0.25, -0.2) is 4.79 Å². The first-order chi connectivity index (χ1) is 15.4. The minimum absolute atomic E-state index is 0.108. The number of Topliss-reactive ketones (excluding diaryl/α,β-unsaturated/α-hetero) is 1. The number of rotatable bonds is 5. The van der Waals surface area contributed by atoms with Crippen molar-refractivity contribution in [1.29, 1.82) is 0 Å². The number of ketones is 1. The van der Waals surface area contributed by atoms with Crippen molar-refractivity contribution >= 4 is 17.7 Å². The van der Waals surface area contributed by atoms with Gasteiger partial charge in [0.05, 0.1) is 13.2 Å². The Morgan fingerprint density at radius 1 is 1.27 bits per heavy atom. The van der Waals surface area contributed by atoms with Crippen molar-refractivity contribution in [2.75, 3.05) is 7.11 Å². The lowest BCUT2D eigenvalue weighted by Crippen LogP contribution is -2.44. The molecule has 3 N–H and O–H groups in total. The molecule has 1 amide bonds. The number of methoxy groups -OCH3 is 1. The van der Waals surface area contributed by atoms with Crippen LogP contribution in [0.4, 0.5) is 0 Å². The summed E-state index contributed by atoms with van der Waals surface area (Å²) in [7, 11) is 1.14. The highest BCUT2D eigenvalue weighted by Gasteiger charge is 2.50. The molecule has 1 heterocycles. The zero-order valence-electron chi connectivity index (χ0n) is 20.4. The molecule has 3 aliphatic rings. The van der Waals surface area contributed by atoms with Gasteiger partial charge in [0.1, 0.15) is 11.3 Å². The number of allylic oxidation sites excluding steroid dienone is 5. The summed E-state index contributed by atoms with van der Waals surface area (Å²) >= 11 is 0. The van der Waals surface area contributed by atoms with E-state index in [-0.39, 0.29) is 41.4 Å². The fraction of sp³-hybridized carbons (Fsp3) is 0.654. The first kappa shape index (κ1) is 25.2. The number of ether oxygens (including phenoxy) is 1. The van der Waals surface area contributed by atoms with E-state index in [1.165, 1.54) is 6.92 Å². The van der Waals surface area contributed by atoms with Crippen LogP contribution in [-0.4, -0.2) is 46.6 Å². The number of fused-ring (bicyclic) bond motifs is 1. The van der Waals surface area contributed by atoms with Crippen LogP contribution in [0.25, 0.3) is 0 Å². The summed E-state index contributed by atoms with van der Waals surface area (Å²) in [6, 6.07) is -1.11. The Morgan fingerprint density at radius 3 is 2.55 bits per heavy atom. The Labute approximate surface area is 196 Å². The molecule has 182 valence electrons. The molecular formula is C26H37NO6. The van der Waals surface area contributed by atoms with Crippen LogP contribution in [0.15, 0.2) is 35.1 Å². The zero-order chi connectivity index (χ0) is 24.7. The van der Waals surface area contributed by atoms with Gasteiger partial charge in [-0.1, -0.05) is 37.6 Å². The first-order valence-corrected chi connectivity index (χ1v) is 11.8. The van der Waals surface area contributed by atoms with Gasteiger partial charge < -0.3 is 20.3 Å². The lowest BCUT2D eigenvalue weighted by atomic mass is 9.57. The van der Waals surface area contributed by atoms with E-state index in [9.17, 15) is 24.6 Å². The highest BCUT2D eigenvalue weighted by atomic mass is 16.5. The molecule has 0 aromatic heterocycles. The largest absolute Gasteiger partial charge is 0.511 e. The third-order valence-corrected chi connectivity index (χ3v) is 7.84. The average molecular weight is 460 g/mol. The molecule has 1 aliphatic heterocycles. The van der Waals surface area contributed by atoms with Crippen LogP contribution in [0.5, 0.6) is 0 Å². The molecule has 7 heteroatoms. The van der Waals surface area contributed by atoms with Crippen LogP contribution in [0.1, 0.15) is 53.9 Å². The molecule has 0 bridgehead atoms. The molecule has 1 saturated heterocycles. The average Bonchev–Trinajstić information content (AvgIpc) is 3.03. The monoisotopic (exact) mass is 459 g/mol. The summed E-state index contributed by atoms with van der Waals surface area (Å²) in [5.41, 5.74) is -1.12. The second-order valence-corrected chi connectivity index (χ2v) is 10.4. The molecule has 0 spiro atoms. The van der Waals surface area contributed by atoms with Crippen molar-refractivity contribution < 1.29 is 29.3 Å². The van der Waals surface area contributed by atoms with Gasteiger partial charge in [0, 0.05) is 18.3 Å². The summed E-state index contributed by atoms with van der Waals surface area (Å²) in [4.78, 5) is 38.0. The second-order valence-electron chi connectivity index (χ2n) is 10.4. The van der Waals surface area contributed by atoms with Crippen LogP contribution in [0, 0.1) is 35.5 Å². The molecule has 0 aromatic rings.